The van der Waals surface area contributed by atoms with Crippen molar-refractivity contribution in [1.82, 2.24) is 10.2 Å². The number of nitrogens with one attached hydrogen (secondary N) is 1. The molecule has 1 spiro atoms. The molecule has 0 aromatic carbocycles. The Morgan fingerprint density at radius 1 is 1.10 bits per heavy atom. The van der Waals surface area contributed by atoms with Crippen molar-refractivity contribution < 1.29 is 5.11 Å². The first kappa shape index (κ1) is 15.1. The summed E-state index contributed by atoms with van der Waals surface area (Å²) in [5.41, 5.74) is 0.0464. The van der Waals surface area contributed by atoms with E-state index < -0.39 is 5.60 Å². The van der Waals surface area contributed by atoms with Gasteiger partial charge in [-0.25, -0.2) is 0 Å². The second-order valence-electron chi connectivity index (χ2n) is 7.48. The average Bonchev–Trinajstić information content (AvgIpc) is 2.90. The van der Waals surface area contributed by atoms with E-state index in [1.54, 1.807) is 0 Å². The van der Waals surface area contributed by atoms with Crippen LogP contribution in [-0.2, 0) is 0 Å². The molecule has 1 heterocycles. The molecule has 2 N–H and O–H groups in total. The SMILES string of the molecule is CCNC(=NCC1(O)CCCCC1)N1CCC2(CCC2)C1. The summed E-state index contributed by atoms with van der Waals surface area (Å²) in [7, 11) is 0. The Morgan fingerprint density at radius 3 is 2.43 bits per heavy atom. The number of aliphatic imine (C=N–C) groups is 1. The van der Waals surface area contributed by atoms with Crippen molar-refractivity contribution in [2.24, 2.45) is 10.4 Å². The molecule has 3 fully saturated rings. The van der Waals surface area contributed by atoms with Crippen molar-refractivity contribution in [3.05, 3.63) is 0 Å². The van der Waals surface area contributed by atoms with Crippen molar-refractivity contribution in [3.63, 3.8) is 0 Å². The normalized spacial score (nSPS) is 27.7. The molecule has 3 aliphatic rings. The molecule has 0 radical (unpaired) electrons. The number of aliphatic hydroxyl groups is 1. The van der Waals surface area contributed by atoms with Gasteiger partial charge in [-0.2, -0.15) is 0 Å². The standard InChI is InChI=1S/C17H31N3O/c1-2-18-15(19-13-17(21)9-4-3-5-10-17)20-12-11-16(14-20)7-6-8-16/h21H,2-14H2,1H3,(H,18,19). The third-order valence-corrected chi connectivity index (χ3v) is 5.79. The van der Waals surface area contributed by atoms with Gasteiger partial charge in [-0.1, -0.05) is 25.7 Å². The summed E-state index contributed by atoms with van der Waals surface area (Å²) < 4.78 is 0. The van der Waals surface area contributed by atoms with Gasteiger partial charge in [-0.15, -0.1) is 0 Å². The van der Waals surface area contributed by atoms with Gasteiger partial charge in [-0.3, -0.25) is 4.99 Å². The molecule has 3 rings (SSSR count). The topological polar surface area (TPSA) is 47.9 Å². The number of guanidine groups is 1. The van der Waals surface area contributed by atoms with Crippen molar-refractivity contribution >= 4 is 5.96 Å². The lowest BCUT2D eigenvalue weighted by atomic mass is 9.68. The van der Waals surface area contributed by atoms with Crippen molar-refractivity contribution in [2.45, 2.75) is 70.3 Å². The molecule has 2 saturated carbocycles. The van der Waals surface area contributed by atoms with Crippen LogP contribution in [0.25, 0.3) is 0 Å². The summed E-state index contributed by atoms with van der Waals surface area (Å²) in [6.45, 7) is 5.89. The molecule has 0 bridgehead atoms. The Hall–Kier alpha value is -0.770. The van der Waals surface area contributed by atoms with Crippen LogP contribution in [0, 0.1) is 5.41 Å². The molecule has 1 saturated heterocycles. The number of hydrogen-bond acceptors (Lipinski definition) is 2. The first-order valence-electron chi connectivity index (χ1n) is 8.91. The molecular formula is C17H31N3O. The zero-order chi connectivity index (χ0) is 14.8. The quantitative estimate of drug-likeness (QED) is 0.621. The minimum absolute atomic E-state index is 0.549. The fourth-order valence-electron chi connectivity index (χ4n) is 4.22. The van der Waals surface area contributed by atoms with Crippen molar-refractivity contribution in [1.29, 1.82) is 0 Å². The molecule has 4 heteroatoms. The molecule has 0 atom stereocenters. The fourth-order valence-corrected chi connectivity index (χ4v) is 4.22. The van der Waals surface area contributed by atoms with Crippen LogP contribution in [0.2, 0.25) is 0 Å². The maximum Gasteiger partial charge on any atom is 0.194 e. The molecule has 120 valence electrons. The lowest BCUT2D eigenvalue weighted by Crippen LogP contribution is -2.44. The summed E-state index contributed by atoms with van der Waals surface area (Å²) >= 11 is 0. The first-order valence-corrected chi connectivity index (χ1v) is 8.91. The van der Waals surface area contributed by atoms with Gasteiger partial charge in [0, 0.05) is 19.6 Å². The summed E-state index contributed by atoms with van der Waals surface area (Å²) in [6, 6.07) is 0. The van der Waals surface area contributed by atoms with Crippen molar-refractivity contribution in [2.75, 3.05) is 26.2 Å². The number of rotatable bonds is 3. The number of nitrogens with zero attached hydrogens (tertiary/aromatic N) is 2. The molecular weight excluding hydrogens is 262 g/mol. The van der Waals surface area contributed by atoms with E-state index in [1.807, 2.05) is 0 Å². The average molecular weight is 293 g/mol. The predicted octanol–water partition coefficient (Wildman–Crippen LogP) is 2.52. The molecule has 21 heavy (non-hydrogen) atoms. The largest absolute Gasteiger partial charge is 0.388 e. The van der Waals surface area contributed by atoms with Crippen LogP contribution >= 0.6 is 0 Å². The summed E-state index contributed by atoms with van der Waals surface area (Å²) in [6.07, 6.45) is 10.9. The van der Waals surface area contributed by atoms with E-state index in [2.05, 4.69) is 17.1 Å². The Balaban J connectivity index is 1.62. The van der Waals surface area contributed by atoms with Gasteiger partial charge in [0.1, 0.15) is 0 Å². The molecule has 0 aromatic rings. The summed E-state index contributed by atoms with van der Waals surface area (Å²) in [5, 5.41) is 14.1. The summed E-state index contributed by atoms with van der Waals surface area (Å²) in [4.78, 5) is 7.22. The van der Waals surface area contributed by atoms with Gasteiger partial charge < -0.3 is 15.3 Å². The lowest BCUT2D eigenvalue weighted by molar-refractivity contribution is 0.0129. The van der Waals surface area contributed by atoms with Crippen LogP contribution in [0.15, 0.2) is 4.99 Å². The van der Waals surface area contributed by atoms with E-state index in [1.165, 1.54) is 32.1 Å². The van der Waals surface area contributed by atoms with Gasteiger partial charge in [0.25, 0.3) is 0 Å². The predicted molar refractivity (Wildman–Crippen MR) is 86.5 cm³/mol. The molecule has 4 nitrogen and oxygen atoms in total. The minimum Gasteiger partial charge on any atom is -0.388 e. The second-order valence-corrected chi connectivity index (χ2v) is 7.48. The molecule has 0 aromatic heterocycles. The molecule has 0 unspecified atom stereocenters. The zero-order valence-electron chi connectivity index (χ0n) is 13.5. The highest BCUT2D eigenvalue weighted by atomic mass is 16.3. The van der Waals surface area contributed by atoms with Crippen LogP contribution < -0.4 is 5.32 Å². The highest BCUT2D eigenvalue weighted by Gasteiger charge is 2.43. The smallest absolute Gasteiger partial charge is 0.194 e. The second kappa shape index (κ2) is 6.15. The van der Waals surface area contributed by atoms with E-state index in [0.29, 0.717) is 12.0 Å². The van der Waals surface area contributed by atoms with E-state index >= 15 is 0 Å². The van der Waals surface area contributed by atoms with Gasteiger partial charge in [0.2, 0.25) is 0 Å². The van der Waals surface area contributed by atoms with Crippen molar-refractivity contribution in [3.8, 4) is 0 Å². The van der Waals surface area contributed by atoms with Crippen LogP contribution in [0.4, 0.5) is 0 Å². The van der Waals surface area contributed by atoms with Crippen LogP contribution in [0.5, 0.6) is 0 Å². The van der Waals surface area contributed by atoms with Gasteiger partial charge in [0.15, 0.2) is 5.96 Å². The van der Waals surface area contributed by atoms with Gasteiger partial charge >= 0.3 is 0 Å². The molecule has 2 aliphatic carbocycles. The number of likely N-dealkylation sites (tertiary alicyclic amines) is 1. The zero-order valence-corrected chi connectivity index (χ0v) is 13.5. The summed E-state index contributed by atoms with van der Waals surface area (Å²) in [5.74, 6) is 1.03. The monoisotopic (exact) mass is 293 g/mol. The molecule has 0 amide bonds. The lowest BCUT2D eigenvalue weighted by Gasteiger charge is -2.38. The minimum atomic E-state index is -0.549. The highest BCUT2D eigenvalue weighted by molar-refractivity contribution is 5.80. The molecule has 1 aliphatic heterocycles. The fraction of sp³-hybridized carbons (Fsp3) is 0.941. The number of hydrogen-bond donors (Lipinski definition) is 2. The van der Waals surface area contributed by atoms with E-state index in [0.717, 1.165) is 51.3 Å². The van der Waals surface area contributed by atoms with E-state index in [-0.39, 0.29) is 0 Å². The van der Waals surface area contributed by atoms with Gasteiger partial charge in [-0.05, 0) is 44.4 Å². The first-order chi connectivity index (χ1) is 10.1. The maximum absolute atomic E-state index is 10.6. The maximum atomic E-state index is 10.6. The van der Waals surface area contributed by atoms with Crippen LogP contribution in [0.3, 0.4) is 0 Å². The Kier molecular flexibility index (Phi) is 4.43. The Morgan fingerprint density at radius 2 is 1.86 bits per heavy atom. The Labute approximate surface area is 129 Å². The van der Waals surface area contributed by atoms with Crippen LogP contribution in [-0.4, -0.2) is 47.7 Å². The third-order valence-electron chi connectivity index (χ3n) is 5.79. The highest BCUT2D eigenvalue weighted by Crippen LogP contribution is 2.47. The third kappa shape index (κ3) is 3.36. The van der Waals surface area contributed by atoms with E-state index in [4.69, 9.17) is 4.99 Å². The Bertz CT molecular complexity index is 383. The van der Waals surface area contributed by atoms with E-state index in [9.17, 15) is 5.11 Å². The van der Waals surface area contributed by atoms with Crippen LogP contribution in [0.1, 0.15) is 64.7 Å². The van der Waals surface area contributed by atoms with Gasteiger partial charge in [0.05, 0.1) is 12.1 Å².